The van der Waals surface area contributed by atoms with Crippen LogP contribution in [-0.4, -0.2) is 51.9 Å². The standard InChI is InChI=1S/C27H30FN5O/c1-27(12-17-32(18-13-27)26-29-14-6-15-30-26)25(34)33-16-5-7-20(19-33)23-10-4-11-24(31-23)21-8-2-3-9-22(21)28/h2-4,6,8-11,14-15,20H,5,7,12-13,16-19H2,1H3. The van der Waals surface area contributed by atoms with E-state index in [1.165, 1.54) is 6.07 Å². The summed E-state index contributed by atoms with van der Waals surface area (Å²) in [6.07, 6.45) is 7.00. The van der Waals surface area contributed by atoms with E-state index in [2.05, 4.69) is 21.8 Å². The van der Waals surface area contributed by atoms with Gasteiger partial charge < -0.3 is 9.80 Å². The van der Waals surface area contributed by atoms with Crippen LogP contribution in [0.5, 0.6) is 0 Å². The maximum absolute atomic E-state index is 14.3. The van der Waals surface area contributed by atoms with E-state index < -0.39 is 0 Å². The van der Waals surface area contributed by atoms with Gasteiger partial charge in [-0.05, 0) is 56.0 Å². The van der Waals surface area contributed by atoms with Crippen LogP contribution in [0.25, 0.3) is 11.3 Å². The monoisotopic (exact) mass is 459 g/mol. The molecular weight excluding hydrogens is 429 g/mol. The molecule has 5 rings (SSSR count). The van der Waals surface area contributed by atoms with Crippen molar-refractivity contribution >= 4 is 11.9 Å². The molecule has 2 saturated heterocycles. The van der Waals surface area contributed by atoms with Crippen LogP contribution in [0.4, 0.5) is 10.3 Å². The molecule has 0 N–H and O–H groups in total. The third kappa shape index (κ3) is 4.52. The average molecular weight is 460 g/mol. The molecule has 0 bridgehead atoms. The number of pyridine rings is 1. The molecular formula is C27H30FN5O. The minimum Gasteiger partial charge on any atom is -0.342 e. The molecule has 2 aliphatic rings. The fraction of sp³-hybridized carbons (Fsp3) is 0.407. The van der Waals surface area contributed by atoms with Gasteiger partial charge in [-0.3, -0.25) is 9.78 Å². The summed E-state index contributed by atoms with van der Waals surface area (Å²) < 4.78 is 14.3. The first-order chi connectivity index (χ1) is 16.5. The lowest BCUT2D eigenvalue weighted by Gasteiger charge is -2.43. The third-order valence-electron chi connectivity index (χ3n) is 7.27. The lowest BCUT2D eigenvalue weighted by atomic mass is 9.78. The summed E-state index contributed by atoms with van der Waals surface area (Å²) in [5, 5.41) is 0. The molecule has 2 aliphatic heterocycles. The van der Waals surface area contributed by atoms with E-state index in [4.69, 9.17) is 4.98 Å². The quantitative estimate of drug-likeness (QED) is 0.566. The zero-order valence-corrected chi connectivity index (χ0v) is 19.5. The first-order valence-electron chi connectivity index (χ1n) is 12.1. The summed E-state index contributed by atoms with van der Waals surface area (Å²) in [5.74, 6) is 0.852. The van der Waals surface area contributed by atoms with Gasteiger partial charge in [-0.15, -0.1) is 0 Å². The van der Waals surface area contributed by atoms with Crippen molar-refractivity contribution in [3.63, 3.8) is 0 Å². The highest BCUT2D eigenvalue weighted by molar-refractivity contribution is 5.83. The van der Waals surface area contributed by atoms with Gasteiger partial charge in [0.25, 0.3) is 0 Å². The van der Waals surface area contributed by atoms with Crippen molar-refractivity contribution in [2.75, 3.05) is 31.1 Å². The first kappa shape index (κ1) is 22.4. The van der Waals surface area contributed by atoms with Gasteiger partial charge in [-0.25, -0.2) is 14.4 Å². The van der Waals surface area contributed by atoms with Crippen molar-refractivity contribution in [1.29, 1.82) is 0 Å². The van der Waals surface area contributed by atoms with Gasteiger partial charge in [0.15, 0.2) is 0 Å². The molecule has 0 spiro atoms. The number of carbonyl (C=O) groups is 1. The molecule has 1 amide bonds. The number of likely N-dealkylation sites (tertiary alicyclic amines) is 1. The smallest absolute Gasteiger partial charge is 0.228 e. The van der Waals surface area contributed by atoms with E-state index in [1.807, 2.05) is 35.2 Å². The minimum atomic E-state index is -0.379. The Morgan fingerprint density at radius 1 is 1.00 bits per heavy atom. The number of hydrogen-bond acceptors (Lipinski definition) is 5. The van der Waals surface area contributed by atoms with Crippen molar-refractivity contribution in [2.24, 2.45) is 5.41 Å². The molecule has 4 heterocycles. The van der Waals surface area contributed by atoms with Gasteiger partial charge in [-0.1, -0.05) is 25.1 Å². The van der Waals surface area contributed by atoms with Crippen molar-refractivity contribution in [2.45, 2.75) is 38.5 Å². The number of piperidine rings is 2. The molecule has 7 heteroatoms. The van der Waals surface area contributed by atoms with E-state index in [0.29, 0.717) is 17.8 Å². The summed E-state index contributed by atoms with van der Waals surface area (Å²) >= 11 is 0. The van der Waals surface area contributed by atoms with Crippen LogP contribution in [-0.2, 0) is 4.79 Å². The van der Waals surface area contributed by atoms with E-state index in [1.54, 1.807) is 24.5 Å². The molecule has 6 nitrogen and oxygen atoms in total. The Kier molecular flexibility index (Phi) is 6.26. The predicted octanol–water partition coefficient (Wildman–Crippen LogP) is 4.69. The Morgan fingerprint density at radius 2 is 1.76 bits per heavy atom. The van der Waals surface area contributed by atoms with Gasteiger partial charge in [0, 0.05) is 61.2 Å². The number of benzene rings is 1. The molecule has 0 aliphatic carbocycles. The second-order valence-corrected chi connectivity index (χ2v) is 9.61. The number of rotatable bonds is 4. The maximum atomic E-state index is 14.3. The largest absolute Gasteiger partial charge is 0.342 e. The summed E-state index contributed by atoms with van der Waals surface area (Å²) in [6.45, 7) is 5.09. The van der Waals surface area contributed by atoms with E-state index in [0.717, 1.165) is 57.0 Å². The fourth-order valence-electron chi connectivity index (χ4n) is 5.15. The lowest BCUT2D eigenvalue weighted by Crippen LogP contribution is -2.51. The Morgan fingerprint density at radius 3 is 2.53 bits per heavy atom. The number of amides is 1. The van der Waals surface area contributed by atoms with Crippen molar-refractivity contribution in [1.82, 2.24) is 19.9 Å². The summed E-state index contributed by atoms with van der Waals surface area (Å²) in [6, 6.07) is 14.3. The molecule has 0 radical (unpaired) electrons. The van der Waals surface area contributed by atoms with E-state index in [-0.39, 0.29) is 23.1 Å². The third-order valence-corrected chi connectivity index (χ3v) is 7.27. The van der Waals surface area contributed by atoms with Crippen LogP contribution in [0, 0.1) is 11.2 Å². The second-order valence-electron chi connectivity index (χ2n) is 9.61. The molecule has 1 unspecified atom stereocenters. The fourth-order valence-corrected chi connectivity index (χ4v) is 5.15. The zero-order chi connectivity index (χ0) is 23.5. The van der Waals surface area contributed by atoms with Crippen LogP contribution in [0.15, 0.2) is 60.9 Å². The van der Waals surface area contributed by atoms with Crippen molar-refractivity contribution in [3.8, 4) is 11.3 Å². The topological polar surface area (TPSA) is 62.2 Å². The Bertz CT molecular complexity index is 1150. The molecule has 34 heavy (non-hydrogen) atoms. The number of hydrogen-bond donors (Lipinski definition) is 0. The van der Waals surface area contributed by atoms with E-state index in [9.17, 15) is 9.18 Å². The SMILES string of the molecule is CC1(C(=O)N2CCCC(c3cccc(-c4ccccc4F)n3)C2)CCN(c2ncccn2)CC1. The first-order valence-corrected chi connectivity index (χ1v) is 12.1. The molecule has 176 valence electrons. The highest BCUT2D eigenvalue weighted by Crippen LogP contribution is 2.36. The van der Waals surface area contributed by atoms with Crippen LogP contribution in [0.2, 0.25) is 0 Å². The normalized spacial score (nSPS) is 20.2. The Labute approximate surface area is 199 Å². The molecule has 1 atom stereocenters. The van der Waals surface area contributed by atoms with Crippen molar-refractivity contribution < 1.29 is 9.18 Å². The number of carbonyl (C=O) groups excluding carboxylic acids is 1. The number of nitrogens with zero attached hydrogens (tertiary/aromatic N) is 5. The predicted molar refractivity (Wildman–Crippen MR) is 130 cm³/mol. The molecule has 3 aromatic rings. The minimum absolute atomic E-state index is 0.158. The highest BCUT2D eigenvalue weighted by atomic mass is 19.1. The summed E-state index contributed by atoms with van der Waals surface area (Å²) in [7, 11) is 0. The van der Waals surface area contributed by atoms with Crippen LogP contribution >= 0.6 is 0 Å². The van der Waals surface area contributed by atoms with Gasteiger partial charge in [-0.2, -0.15) is 0 Å². The second kappa shape index (κ2) is 9.49. The van der Waals surface area contributed by atoms with Gasteiger partial charge in [0.2, 0.25) is 11.9 Å². The van der Waals surface area contributed by atoms with Crippen LogP contribution in [0.3, 0.4) is 0 Å². The van der Waals surface area contributed by atoms with Crippen LogP contribution in [0.1, 0.15) is 44.2 Å². The summed E-state index contributed by atoms with van der Waals surface area (Å²) in [4.78, 5) is 31.3. The average Bonchev–Trinajstić information content (AvgIpc) is 2.89. The number of aromatic nitrogens is 3. The number of halogens is 1. The molecule has 0 saturated carbocycles. The van der Waals surface area contributed by atoms with E-state index >= 15 is 0 Å². The molecule has 2 aromatic heterocycles. The highest BCUT2D eigenvalue weighted by Gasteiger charge is 2.41. The molecule has 1 aromatic carbocycles. The Hall–Kier alpha value is -3.35. The molecule has 2 fully saturated rings. The Balaban J connectivity index is 1.27. The van der Waals surface area contributed by atoms with Crippen LogP contribution < -0.4 is 4.90 Å². The van der Waals surface area contributed by atoms with Gasteiger partial charge >= 0.3 is 0 Å². The van der Waals surface area contributed by atoms with Gasteiger partial charge in [0.1, 0.15) is 5.82 Å². The summed E-state index contributed by atoms with van der Waals surface area (Å²) in [5.41, 5.74) is 1.70. The van der Waals surface area contributed by atoms with Gasteiger partial charge in [0.05, 0.1) is 5.69 Å². The van der Waals surface area contributed by atoms with Crippen molar-refractivity contribution in [3.05, 3.63) is 72.4 Å². The lowest BCUT2D eigenvalue weighted by molar-refractivity contribution is -0.143. The maximum Gasteiger partial charge on any atom is 0.228 e. The zero-order valence-electron chi connectivity index (χ0n) is 19.5. The number of anilines is 1.